The number of anilines is 2. The van der Waals surface area contributed by atoms with E-state index in [1.54, 1.807) is 0 Å². The number of nitrogen functional groups attached to an aromatic ring is 1. The Labute approximate surface area is 159 Å². The van der Waals surface area contributed by atoms with Crippen LogP contribution in [0.3, 0.4) is 0 Å². The average molecular weight is 371 g/mol. The summed E-state index contributed by atoms with van der Waals surface area (Å²) in [7, 11) is 0. The Kier molecular flexibility index (Phi) is 5.57. The summed E-state index contributed by atoms with van der Waals surface area (Å²) in [6, 6.07) is 8.12. The van der Waals surface area contributed by atoms with Crippen LogP contribution in [0.25, 0.3) is 0 Å². The maximum Gasteiger partial charge on any atom is 0.225 e. The molecule has 1 aromatic heterocycles. The van der Waals surface area contributed by atoms with Crippen molar-refractivity contribution in [2.45, 2.75) is 24.3 Å². The number of nitrogens with two attached hydrogens (primary N) is 1. The van der Waals surface area contributed by atoms with Gasteiger partial charge in [0.1, 0.15) is 0 Å². The van der Waals surface area contributed by atoms with E-state index in [-0.39, 0.29) is 0 Å². The second-order valence-corrected chi connectivity index (χ2v) is 8.05. The lowest BCUT2D eigenvalue weighted by molar-refractivity contribution is 0.249. The van der Waals surface area contributed by atoms with Crippen molar-refractivity contribution < 1.29 is 0 Å². The van der Waals surface area contributed by atoms with Crippen molar-refractivity contribution in [2.75, 3.05) is 49.9 Å². The molecular formula is C19H26N6S. The highest BCUT2D eigenvalue weighted by atomic mass is 32.2. The Balaban J connectivity index is 1.13. The van der Waals surface area contributed by atoms with Gasteiger partial charge in [-0.25, -0.2) is 14.3 Å². The predicted molar refractivity (Wildman–Crippen MR) is 107 cm³/mol. The summed E-state index contributed by atoms with van der Waals surface area (Å²) in [6.45, 7) is 7.59. The summed E-state index contributed by atoms with van der Waals surface area (Å²) in [4.78, 5) is 14.9. The Hall–Kier alpha value is -1.83. The van der Waals surface area contributed by atoms with E-state index in [1.807, 2.05) is 36.5 Å². The molecule has 0 aliphatic carbocycles. The van der Waals surface area contributed by atoms with E-state index in [0.29, 0.717) is 0 Å². The van der Waals surface area contributed by atoms with Crippen LogP contribution in [0.15, 0.2) is 41.6 Å². The molecule has 2 aliphatic heterocycles. The van der Waals surface area contributed by atoms with Crippen molar-refractivity contribution in [2.24, 2.45) is 0 Å². The molecule has 0 amide bonds. The molecule has 0 spiro atoms. The number of fused-ring (bicyclic) bond motifs is 1. The Morgan fingerprint density at radius 3 is 2.58 bits per heavy atom. The predicted octanol–water partition coefficient (Wildman–Crippen LogP) is 2.48. The lowest BCUT2D eigenvalue weighted by Crippen LogP contribution is -2.47. The van der Waals surface area contributed by atoms with Gasteiger partial charge in [0.15, 0.2) is 0 Å². The van der Waals surface area contributed by atoms with E-state index in [0.717, 1.165) is 50.9 Å². The molecule has 0 bridgehead atoms. The van der Waals surface area contributed by atoms with Gasteiger partial charge in [-0.2, -0.15) is 0 Å². The molecular weight excluding hydrogens is 344 g/mol. The van der Waals surface area contributed by atoms with Crippen LogP contribution in [0.4, 0.5) is 11.6 Å². The molecule has 0 atom stereocenters. The molecule has 3 heterocycles. The summed E-state index contributed by atoms with van der Waals surface area (Å²) in [5.41, 5.74) is 8.14. The number of rotatable bonds is 6. The number of benzene rings is 1. The molecule has 1 saturated heterocycles. The first kappa shape index (κ1) is 17.6. The summed E-state index contributed by atoms with van der Waals surface area (Å²) in [5.74, 6) is 0.860. The molecule has 7 heteroatoms. The highest BCUT2D eigenvalue weighted by Gasteiger charge is 2.21. The fourth-order valence-electron chi connectivity index (χ4n) is 3.52. The van der Waals surface area contributed by atoms with Gasteiger partial charge >= 0.3 is 0 Å². The summed E-state index contributed by atoms with van der Waals surface area (Å²) >= 11 is 1.85. The van der Waals surface area contributed by atoms with Gasteiger partial charge < -0.3 is 10.6 Å². The van der Waals surface area contributed by atoms with Gasteiger partial charge in [0, 0.05) is 62.2 Å². The highest BCUT2D eigenvalue weighted by molar-refractivity contribution is 7.97. The van der Waals surface area contributed by atoms with Gasteiger partial charge in [-0.15, -0.1) is 0 Å². The van der Waals surface area contributed by atoms with Crippen molar-refractivity contribution in [3.63, 3.8) is 0 Å². The first-order chi connectivity index (χ1) is 12.8. The molecule has 138 valence electrons. The number of nitrogens with zero attached hydrogens (tertiary/aromatic N) is 5. The first-order valence-electron chi connectivity index (χ1n) is 9.33. The number of piperazine rings is 1. The zero-order valence-corrected chi connectivity index (χ0v) is 15.9. The molecule has 4 rings (SSSR count). The minimum atomic E-state index is 0.859. The Morgan fingerprint density at radius 2 is 1.77 bits per heavy atom. The van der Waals surface area contributed by atoms with Crippen molar-refractivity contribution in [1.29, 1.82) is 0 Å². The number of aromatic nitrogens is 2. The zero-order chi connectivity index (χ0) is 17.8. The lowest BCUT2D eigenvalue weighted by atomic mass is 10.2. The number of unbranched alkanes of at least 4 members (excludes halogenated alkanes) is 1. The molecule has 1 fully saturated rings. The van der Waals surface area contributed by atoms with Crippen LogP contribution in [0.2, 0.25) is 0 Å². The van der Waals surface area contributed by atoms with E-state index >= 15 is 0 Å². The van der Waals surface area contributed by atoms with Gasteiger partial charge in [-0.05, 0) is 55.1 Å². The summed E-state index contributed by atoms with van der Waals surface area (Å²) < 4.78 is 2.45. The smallest absolute Gasteiger partial charge is 0.225 e. The van der Waals surface area contributed by atoms with Gasteiger partial charge in [0.2, 0.25) is 5.95 Å². The quantitative estimate of drug-likeness (QED) is 0.476. The van der Waals surface area contributed by atoms with E-state index < -0.39 is 0 Å². The van der Waals surface area contributed by atoms with Crippen LogP contribution in [0, 0.1) is 0 Å². The number of hydrogen-bond acceptors (Lipinski definition) is 7. The van der Waals surface area contributed by atoms with Gasteiger partial charge in [-0.1, -0.05) is 6.07 Å². The van der Waals surface area contributed by atoms with E-state index in [2.05, 4.69) is 36.2 Å². The minimum absolute atomic E-state index is 0.859. The highest BCUT2D eigenvalue weighted by Crippen LogP contribution is 2.36. The molecule has 26 heavy (non-hydrogen) atoms. The molecule has 0 saturated carbocycles. The molecule has 0 unspecified atom stereocenters. The molecule has 2 N–H and O–H groups in total. The van der Waals surface area contributed by atoms with E-state index in [1.165, 1.54) is 29.8 Å². The Morgan fingerprint density at radius 1 is 1.00 bits per heavy atom. The van der Waals surface area contributed by atoms with Crippen molar-refractivity contribution in [3.8, 4) is 0 Å². The molecule has 2 aliphatic rings. The van der Waals surface area contributed by atoms with Crippen LogP contribution >= 0.6 is 11.9 Å². The van der Waals surface area contributed by atoms with Crippen molar-refractivity contribution >= 4 is 23.6 Å². The fourth-order valence-corrected chi connectivity index (χ4v) is 4.66. The first-order valence-corrected chi connectivity index (χ1v) is 10.1. The third kappa shape index (κ3) is 4.28. The fraction of sp³-hybridized carbons (Fsp3) is 0.474. The maximum atomic E-state index is 5.88. The SMILES string of the molecule is Nc1ccc2c(c1)SN(CCCCN1CCN(c3ncccn3)CC1)C2. The van der Waals surface area contributed by atoms with Gasteiger partial charge in [0.25, 0.3) is 0 Å². The zero-order valence-electron chi connectivity index (χ0n) is 15.0. The van der Waals surface area contributed by atoms with Crippen LogP contribution in [-0.2, 0) is 6.54 Å². The normalized spacial score (nSPS) is 18.2. The number of hydrogen-bond donors (Lipinski definition) is 1. The molecule has 2 aromatic rings. The van der Waals surface area contributed by atoms with Crippen LogP contribution in [0.5, 0.6) is 0 Å². The molecule has 0 radical (unpaired) electrons. The monoisotopic (exact) mass is 370 g/mol. The van der Waals surface area contributed by atoms with Crippen molar-refractivity contribution in [1.82, 2.24) is 19.2 Å². The minimum Gasteiger partial charge on any atom is -0.399 e. The van der Waals surface area contributed by atoms with E-state index in [9.17, 15) is 0 Å². The lowest BCUT2D eigenvalue weighted by Gasteiger charge is -2.34. The van der Waals surface area contributed by atoms with Crippen LogP contribution in [-0.4, -0.2) is 58.4 Å². The Bertz CT molecular complexity index is 717. The third-order valence-electron chi connectivity index (χ3n) is 5.00. The second-order valence-electron chi connectivity index (χ2n) is 6.91. The van der Waals surface area contributed by atoms with Crippen LogP contribution < -0.4 is 10.6 Å². The molecule has 6 nitrogen and oxygen atoms in total. The topological polar surface area (TPSA) is 61.5 Å². The summed E-state index contributed by atoms with van der Waals surface area (Å²) in [5, 5.41) is 0. The maximum absolute atomic E-state index is 5.88. The third-order valence-corrected chi connectivity index (χ3v) is 6.15. The van der Waals surface area contributed by atoms with Crippen LogP contribution in [0.1, 0.15) is 18.4 Å². The second kappa shape index (κ2) is 8.24. The van der Waals surface area contributed by atoms with Gasteiger partial charge in [-0.3, -0.25) is 4.90 Å². The average Bonchev–Trinajstić information content (AvgIpc) is 3.08. The van der Waals surface area contributed by atoms with Crippen molar-refractivity contribution in [3.05, 3.63) is 42.2 Å². The van der Waals surface area contributed by atoms with E-state index in [4.69, 9.17) is 5.73 Å². The standard InChI is InChI=1S/C19H26N6S/c20-17-5-4-16-15-25(26-18(16)14-17)9-2-1-8-23-10-12-24(13-11-23)19-21-6-3-7-22-19/h3-7,14H,1-2,8-13,15,20H2. The largest absolute Gasteiger partial charge is 0.399 e. The summed E-state index contributed by atoms with van der Waals surface area (Å²) in [6.07, 6.45) is 6.12. The molecule has 1 aromatic carbocycles. The van der Waals surface area contributed by atoms with Gasteiger partial charge in [0.05, 0.1) is 0 Å².